The van der Waals surface area contributed by atoms with E-state index >= 15 is 0 Å². The first-order chi connectivity index (χ1) is 25.8. The van der Waals surface area contributed by atoms with Gasteiger partial charge in [0.2, 0.25) is 5.95 Å². The maximum absolute atomic E-state index is 13.6. The van der Waals surface area contributed by atoms with E-state index in [0.29, 0.717) is 12.8 Å². The quantitative estimate of drug-likeness (QED) is 0.0489. The lowest BCUT2D eigenvalue weighted by Gasteiger charge is -2.25. The van der Waals surface area contributed by atoms with Crippen molar-refractivity contribution in [3.63, 3.8) is 0 Å². The Hall–Kier alpha value is -2.79. The molecule has 11 nitrogen and oxygen atoms in total. The Kier molecular flexibility index (Phi) is 22.6. The molecule has 0 saturated carbocycles. The van der Waals surface area contributed by atoms with Gasteiger partial charge in [-0.1, -0.05) is 168 Å². The Balaban J connectivity index is 1.44. The number of ether oxygens (including phenoxy) is 2. The van der Waals surface area contributed by atoms with Crippen molar-refractivity contribution in [2.75, 3.05) is 5.73 Å². The summed E-state index contributed by atoms with van der Waals surface area (Å²) >= 11 is 0. The first kappa shape index (κ1) is 44.6. The van der Waals surface area contributed by atoms with Gasteiger partial charge in [0.05, 0.1) is 12.4 Å². The lowest BCUT2D eigenvalue weighted by molar-refractivity contribution is -0.169. The maximum atomic E-state index is 13.6. The molecule has 0 aliphatic carbocycles. The predicted molar refractivity (Wildman–Crippen MR) is 213 cm³/mol. The van der Waals surface area contributed by atoms with Crippen LogP contribution in [0.4, 0.5) is 5.95 Å². The van der Waals surface area contributed by atoms with Gasteiger partial charge in [0, 0.05) is 19.3 Å². The molecule has 3 heterocycles. The first-order valence-corrected chi connectivity index (χ1v) is 21.6. The molecule has 11 heteroatoms. The molecule has 302 valence electrons. The number of H-pyrrole nitrogens is 1. The summed E-state index contributed by atoms with van der Waals surface area (Å²) in [4.78, 5) is 49.8. The summed E-state index contributed by atoms with van der Waals surface area (Å²) in [5.41, 5.74) is 5.62. The molecule has 1 unspecified atom stereocenters. The number of esters is 1. The molecule has 2 aromatic rings. The van der Waals surface area contributed by atoms with Gasteiger partial charge in [-0.15, -0.1) is 0 Å². The molecular formula is C42H73N5O6. The van der Waals surface area contributed by atoms with E-state index in [1.54, 1.807) is 0 Å². The van der Waals surface area contributed by atoms with Crippen molar-refractivity contribution >= 4 is 28.9 Å². The standard InChI is InChI=1S/C42H73N5O6/c1-3-5-7-9-11-13-15-17-19-21-23-25-27-29-33(48)38(53-36(50)30-28-26-24-22-20-18-16-14-12-10-8-6-4-2)39-34(49)31-35(52-39)47-32-44-37-40(47)45-42(43)46-41(37)51/h32,34-35,38-39,49H,3-31H2,1-2H3,(H3,43,45,46,51)/t34-,35+,38?,39-/m0/s1. The fourth-order valence-electron chi connectivity index (χ4n) is 7.54. The number of aromatic nitrogens is 4. The zero-order valence-corrected chi connectivity index (χ0v) is 33.3. The molecule has 0 aromatic carbocycles. The molecule has 1 aliphatic heterocycles. The third kappa shape index (κ3) is 17.0. The minimum absolute atomic E-state index is 0.0627. The van der Waals surface area contributed by atoms with Crippen LogP contribution in [0.2, 0.25) is 0 Å². The van der Waals surface area contributed by atoms with Gasteiger partial charge in [-0.25, -0.2) is 4.98 Å². The number of hydrogen-bond donors (Lipinski definition) is 3. The van der Waals surface area contributed by atoms with Gasteiger partial charge in [0.1, 0.15) is 12.3 Å². The highest BCUT2D eigenvalue weighted by atomic mass is 16.6. The normalized spacial score (nSPS) is 17.8. The number of rotatable bonds is 32. The maximum Gasteiger partial charge on any atom is 0.306 e. The van der Waals surface area contributed by atoms with Crippen molar-refractivity contribution in [3.05, 3.63) is 16.7 Å². The number of carbonyl (C=O) groups is 2. The molecule has 0 bridgehead atoms. The number of hydrogen-bond acceptors (Lipinski definition) is 9. The Morgan fingerprint density at radius 3 is 1.74 bits per heavy atom. The Labute approximate surface area is 319 Å². The van der Waals surface area contributed by atoms with Crippen molar-refractivity contribution in [1.29, 1.82) is 0 Å². The second-order valence-electron chi connectivity index (χ2n) is 15.5. The summed E-state index contributed by atoms with van der Waals surface area (Å²) in [5.74, 6) is -0.733. The summed E-state index contributed by atoms with van der Waals surface area (Å²) in [7, 11) is 0. The van der Waals surface area contributed by atoms with Gasteiger partial charge < -0.3 is 20.3 Å². The molecule has 0 amide bonds. The van der Waals surface area contributed by atoms with Gasteiger partial charge in [0.15, 0.2) is 23.1 Å². The minimum Gasteiger partial charge on any atom is -0.451 e. The number of nitrogens with one attached hydrogen (secondary N) is 1. The molecule has 0 radical (unpaired) electrons. The summed E-state index contributed by atoms with van der Waals surface area (Å²) < 4.78 is 13.6. The summed E-state index contributed by atoms with van der Waals surface area (Å²) in [5, 5.41) is 11.1. The van der Waals surface area contributed by atoms with E-state index in [2.05, 4.69) is 28.8 Å². The highest BCUT2D eigenvalue weighted by Gasteiger charge is 2.45. The molecule has 2 aromatic heterocycles. The zero-order valence-electron chi connectivity index (χ0n) is 33.3. The number of anilines is 1. The van der Waals surface area contributed by atoms with Crippen molar-refractivity contribution in [3.8, 4) is 0 Å². The number of Topliss-reactive ketones (excluding diaryl/α,β-unsaturated/α-hetero) is 1. The number of aliphatic hydroxyl groups excluding tert-OH is 1. The number of imidazole rings is 1. The predicted octanol–water partition coefficient (Wildman–Crippen LogP) is 9.79. The van der Waals surface area contributed by atoms with E-state index in [0.717, 1.165) is 32.1 Å². The Bertz CT molecular complexity index is 1350. The number of fused-ring (bicyclic) bond motifs is 1. The summed E-state index contributed by atoms with van der Waals surface area (Å²) in [6.07, 6.45) is 29.4. The van der Waals surface area contributed by atoms with E-state index in [-0.39, 0.29) is 42.2 Å². The van der Waals surface area contributed by atoms with Crippen LogP contribution in [0.15, 0.2) is 11.1 Å². The first-order valence-electron chi connectivity index (χ1n) is 21.6. The molecular weight excluding hydrogens is 670 g/mol. The zero-order chi connectivity index (χ0) is 38.1. The van der Waals surface area contributed by atoms with Crippen LogP contribution >= 0.6 is 0 Å². The number of unbranched alkanes of at least 4 members (excludes halogenated alkanes) is 24. The van der Waals surface area contributed by atoms with Crippen LogP contribution in [0, 0.1) is 0 Å². The van der Waals surface area contributed by atoms with E-state index in [9.17, 15) is 19.5 Å². The number of nitrogens with two attached hydrogens (primary N) is 1. The van der Waals surface area contributed by atoms with Crippen LogP contribution in [0.3, 0.4) is 0 Å². The van der Waals surface area contributed by atoms with Crippen LogP contribution in [0.25, 0.3) is 11.2 Å². The molecule has 0 spiro atoms. The fraction of sp³-hybridized carbons (Fsp3) is 0.833. The van der Waals surface area contributed by atoms with E-state index < -0.39 is 36.1 Å². The van der Waals surface area contributed by atoms with Gasteiger partial charge >= 0.3 is 5.97 Å². The van der Waals surface area contributed by atoms with Crippen LogP contribution in [0.5, 0.6) is 0 Å². The lowest BCUT2D eigenvalue weighted by atomic mass is 9.98. The number of nitrogens with zero attached hydrogens (tertiary/aromatic N) is 3. The SMILES string of the molecule is CCCCCCCCCCCCCCCC(=O)OC(C(=O)CCCCCCCCCCCCCCC)[C@H]1O[C@@H](n2cnc3c(=O)[nH]c(N)nc32)C[C@@H]1O. The molecule has 1 aliphatic rings. The van der Waals surface area contributed by atoms with Crippen LogP contribution < -0.4 is 11.3 Å². The number of aromatic amines is 1. The van der Waals surface area contributed by atoms with Gasteiger partial charge in [-0.05, 0) is 12.8 Å². The van der Waals surface area contributed by atoms with Gasteiger partial charge in [-0.3, -0.25) is 23.9 Å². The Morgan fingerprint density at radius 2 is 1.25 bits per heavy atom. The number of aliphatic hydroxyl groups is 1. The van der Waals surface area contributed by atoms with Crippen molar-refractivity contribution < 1.29 is 24.2 Å². The average Bonchev–Trinajstić information content (AvgIpc) is 3.74. The van der Waals surface area contributed by atoms with Crippen LogP contribution in [0.1, 0.15) is 206 Å². The smallest absolute Gasteiger partial charge is 0.306 e. The molecule has 4 atom stereocenters. The number of nitrogen functional groups attached to an aromatic ring is 1. The van der Waals surface area contributed by atoms with E-state index in [4.69, 9.17) is 15.2 Å². The second kappa shape index (κ2) is 26.9. The highest BCUT2D eigenvalue weighted by Crippen LogP contribution is 2.34. The lowest BCUT2D eigenvalue weighted by Crippen LogP contribution is -2.43. The van der Waals surface area contributed by atoms with E-state index in [1.165, 1.54) is 133 Å². The van der Waals surface area contributed by atoms with E-state index in [1.807, 2.05) is 0 Å². The molecule has 1 saturated heterocycles. The number of carbonyl (C=O) groups excluding carboxylic acids is 2. The van der Waals surface area contributed by atoms with Gasteiger partial charge in [-0.2, -0.15) is 4.98 Å². The third-order valence-corrected chi connectivity index (χ3v) is 10.8. The molecule has 1 fully saturated rings. The second-order valence-corrected chi connectivity index (χ2v) is 15.5. The average molecular weight is 744 g/mol. The van der Waals surface area contributed by atoms with Gasteiger partial charge in [0.25, 0.3) is 5.56 Å². The topological polar surface area (TPSA) is 162 Å². The van der Waals surface area contributed by atoms with Crippen molar-refractivity contribution in [1.82, 2.24) is 19.5 Å². The summed E-state index contributed by atoms with van der Waals surface area (Å²) in [6.45, 7) is 4.50. The Morgan fingerprint density at radius 1 is 0.792 bits per heavy atom. The molecule has 4 N–H and O–H groups in total. The molecule has 53 heavy (non-hydrogen) atoms. The highest BCUT2D eigenvalue weighted by molar-refractivity contribution is 5.86. The third-order valence-electron chi connectivity index (χ3n) is 10.8. The number of ketones is 1. The van der Waals surface area contributed by atoms with Crippen molar-refractivity contribution in [2.24, 2.45) is 0 Å². The van der Waals surface area contributed by atoms with Crippen LogP contribution in [-0.2, 0) is 19.1 Å². The molecule has 3 rings (SSSR count). The largest absolute Gasteiger partial charge is 0.451 e. The monoisotopic (exact) mass is 744 g/mol. The fourth-order valence-corrected chi connectivity index (χ4v) is 7.54. The minimum atomic E-state index is -1.21. The van der Waals surface area contributed by atoms with Crippen molar-refractivity contribution in [2.45, 2.75) is 225 Å². The summed E-state index contributed by atoms with van der Waals surface area (Å²) in [6, 6.07) is 0. The van der Waals surface area contributed by atoms with Crippen LogP contribution in [-0.4, -0.2) is 54.7 Å².